The Morgan fingerprint density at radius 2 is 1.39 bits per heavy atom. The van der Waals surface area contributed by atoms with E-state index in [1.165, 1.54) is 44.9 Å². The van der Waals surface area contributed by atoms with E-state index in [0.29, 0.717) is 12.8 Å². The van der Waals surface area contributed by atoms with E-state index in [1.54, 1.807) is 0 Å². The summed E-state index contributed by atoms with van der Waals surface area (Å²) >= 11 is 0. The van der Waals surface area contributed by atoms with Gasteiger partial charge in [0.25, 0.3) is 0 Å². The summed E-state index contributed by atoms with van der Waals surface area (Å²) in [4.78, 5) is 22.4. The number of rotatable bonds is 19. The zero-order valence-corrected chi connectivity index (χ0v) is 18.2. The van der Waals surface area contributed by atoms with Crippen LogP contribution < -0.4 is 0 Å². The zero-order chi connectivity index (χ0) is 20.9. The second-order valence-corrected chi connectivity index (χ2v) is 7.45. The van der Waals surface area contributed by atoms with Crippen molar-refractivity contribution in [2.45, 2.75) is 116 Å². The summed E-state index contributed by atoms with van der Waals surface area (Å²) in [7, 11) is 0. The largest absolute Gasteiger partial charge is 0.481 e. The van der Waals surface area contributed by atoms with E-state index in [2.05, 4.69) is 31.2 Å². The van der Waals surface area contributed by atoms with Crippen molar-refractivity contribution in [3.63, 3.8) is 0 Å². The molecule has 0 aromatic rings. The molecule has 28 heavy (non-hydrogen) atoms. The van der Waals surface area contributed by atoms with Gasteiger partial charge in [0, 0.05) is 6.42 Å². The Morgan fingerprint density at radius 1 is 0.821 bits per heavy atom. The molecule has 0 heterocycles. The van der Waals surface area contributed by atoms with E-state index < -0.39 is 12.1 Å². The fraction of sp³-hybridized carbons (Fsp3) is 0.750. The average Bonchev–Trinajstić information content (AvgIpc) is 2.66. The van der Waals surface area contributed by atoms with Crippen LogP contribution in [0.5, 0.6) is 0 Å². The summed E-state index contributed by atoms with van der Waals surface area (Å²) in [5, 5.41) is 8.75. The first kappa shape index (κ1) is 26.4. The Hall–Kier alpha value is -1.58. The van der Waals surface area contributed by atoms with Crippen molar-refractivity contribution in [3.8, 4) is 0 Å². The fourth-order valence-corrected chi connectivity index (χ4v) is 2.97. The molecule has 162 valence electrons. The smallest absolute Gasteiger partial charge is 0.307 e. The Morgan fingerprint density at radius 3 is 1.96 bits per heavy atom. The van der Waals surface area contributed by atoms with Gasteiger partial charge in [-0.1, -0.05) is 76.7 Å². The minimum Gasteiger partial charge on any atom is -0.481 e. The molecule has 0 aliphatic rings. The summed E-state index contributed by atoms with van der Waals surface area (Å²) in [5.41, 5.74) is 0. The summed E-state index contributed by atoms with van der Waals surface area (Å²) in [6.45, 7) is 4.08. The molecular formula is C24H42O4. The third kappa shape index (κ3) is 19.2. The molecule has 4 heteroatoms. The molecule has 0 aliphatic heterocycles. The van der Waals surface area contributed by atoms with Gasteiger partial charge in [-0.05, 0) is 44.9 Å². The maximum absolute atomic E-state index is 11.7. The van der Waals surface area contributed by atoms with Crippen LogP contribution in [0, 0.1) is 0 Å². The lowest BCUT2D eigenvalue weighted by Gasteiger charge is -2.13. The summed E-state index contributed by atoms with van der Waals surface area (Å²) in [6.07, 6.45) is 23.5. The van der Waals surface area contributed by atoms with Gasteiger partial charge in [-0.25, -0.2) is 0 Å². The van der Waals surface area contributed by atoms with E-state index in [-0.39, 0.29) is 12.4 Å². The van der Waals surface area contributed by atoms with Crippen molar-refractivity contribution in [3.05, 3.63) is 24.3 Å². The number of hydrogen-bond donors (Lipinski definition) is 1. The summed E-state index contributed by atoms with van der Waals surface area (Å²) < 4.78 is 5.20. The van der Waals surface area contributed by atoms with Crippen LogP contribution in [0.1, 0.15) is 110 Å². The van der Waals surface area contributed by atoms with Gasteiger partial charge in [0.2, 0.25) is 0 Å². The lowest BCUT2D eigenvalue weighted by Crippen LogP contribution is -2.20. The summed E-state index contributed by atoms with van der Waals surface area (Å²) in [5.74, 6) is -1.19. The minimum atomic E-state index is -0.924. The predicted molar refractivity (Wildman–Crippen MR) is 116 cm³/mol. The van der Waals surface area contributed by atoms with Crippen LogP contribution in [0.3, 0.4) is 0 Å². The van der Waals surface area contributed by atoms with Crippen LogP contribution in [-0.4, -0.2) is 23.1 Å². The number of carbonyl (C=O) groups is 2. The van der Waals surface area contributed by atoms with E-state index in [4.69, 9.17) is 9.84 Å². The molecule has 0 amide bonds. The number of ether oxygens (including phenoxy) is 1. The molecular weight excluding hydrogens is 352 g/mol. The van der Waals surface area contributed by atoms with Crippen LogP contribution in [0.25, 0.3) is 0 Å². The Kier molecular flexibility index (Phi) is 19.0. The van der Waals surface area contributed by atoms with Gasteiger partial charge in [0.15, 0.2) is 0 Å². The molecule has 0 rings (SSSR count). The highest BCUT2D eigenvalue weighted by molar-refractivity contribution is 5.71. The number of carboxylic acids is 1. The van der Waals surface area contributed by atoms with Crippen molar-refractivity contribution in [1.82, 2.24) is 0 Å². The van der Waals surface area contributed by atoms with Crippen molar-refractivity contribution in [2.75, 3.05) is 0 Å². The van der Waals surface area contributed by atoms with Crippen LogP contribution >= 0.6 is 0 Å². The molecule has 0 radical (unpaired) electrons. The molecule has 0 saturated heterocycles. The molecule has 0 aromatic carbocycles. The molecule has 0 aliphatic carbocycles. The monoisotopic (exact) mass is 394 g/mol. The molecule has 0 aromatic heterocycles. The van der Waals surface area contributed by atoms with E-state index in [9.17, 15) is 9.59 Å². The third-order valence-corrected chi connectivity index (χ3v) is 4.74. The van der Waals surface area contributed by atoms with Crippen molar-refractivity contribution >= 4 is 11.9 Å². The first-order valence-corrected chi connectivity index (χ1v) is 11.3. The SMILES string of the molecule is CCCCCC/C=C\C/C=C\CCCCCCCC(=O)OC(CC)CC(=O)O. The quantitative estimate of drug-likeness (QED) is 0.146. The molecule has 0 spiro atoms. The predicted octanol–water partition coefficient (Wildman–Crippen LogP) is 6.99. The second kappa shape index (κ2) is 20.2. The fourth-order valence-electron chi connectivity index (χ4n) is 2.97. The Labute approximate surface area is 172 Å². The molecule has 4 nitrogen and oxygen atoms in total. The average molecular weight is 395 g/mol. The molecule has 0 fully saturated rings. The molecule has 1 atom stereocenters. The number of hydrogen-bond acceptors (Lipinski definition) is 3. The lowest BCUT2D eigenvalue weighted by molar-refractivity contribution is -0.153. The normalized spacial score (nSPS) is 12.6. The highest BCUT2D eigenvalue weighted by Crippen LogP contribution is 2.11. The van der Waals surface area contributed by atoms with Gasteiger partial charge in [0.1, 0.15) is 6.10 Å². The van der Waals surface area contributed by atoms with Gasteiger partial charge in [0.05, 0.1) is 6.42 Å². The number of carboxylic acid groups (broad SMARTS) is 1. The van der Waals surface area contributed by atoms with Crippen LogP contribution in [-0.2, 0) is 14.3 Å². The van der Waals surface area contributed by atoms with Crippen LogP contribution in [0.4, 0.5) is 0 Å². The maximum atomic E-state index is 11.7. The minimum absolute atomic E-state index is 0.107. The van der Waals surface area contributed by atoms with E-state index >= 15 is 0 Å². The van der Waals surface area contributed by atoms with Crippen LogP contribution in [0.15, 0.2) is 24.3 Å². The first-order valence-electron chi connectivity index (χ1n) is 11.3. The lowest BCUT2D eigenvalue weighted by atomic mass is 10.1. The topological polar surface area (TPSA) is 63.6 Å². The first-order chi connectivity index (χ1) is 13.6. The Balaban J connectivity index is 3.46. The second-order valence-electron chi connectivity index (χ2n) is 7.45. The summed E-state index contributed by atoms with van der Waals surface area (Å²) in [6, 6.07) is 0. The standard InChI is InChI=1S/C24H42O4/c1-3-5-6-7-8-9-10-11-12-13-14-15-16-17-18-19-20-24(27)28-22(4-2)21-23(25)26/h9-10,12-13,22H,3-8,11,14-21H2,1-2H3,(H,25,26)/b10-9-,13-12-. The van der Waals surface area contributed by atoms with Crippen molar-refractivity contribution in [1.29, 1.82) is 0 Å². The number of aliphatic carboxylic acids is 1. The van der Waals surface area contributed by atoms with Gasteiger partial charge in [-0.15, -0.1) is 0 Å². The van der Waals surface area contributed by atoms with Gasteiger partial charge >= 0.3 is 11.9 Å². The van der Waals surface area contributed by atoms with Gasteiger partial charge < -0.3 is 9.84 Å². The van der Waals surface area contributed by atoms with Crippen LogP contribution in [0.2, 0.25) is 0 Å². The number of unbranched alkanes of at least 4 members (excludes halogenated alkanes) is 9. The van der Waals surface area contributed by atoms with Crippen molar-refractivity contribution < 1.29 is 19.4 Å². The zero-order valence-electron chi connectivity index (χ0n) is 18.2. The molecule has 1 N–H and O–H groups in total. The van der Waals surface area contributed by atoms with Gasteiger partial charge in [-0.2, -0.15) is 0 Å². The number of esters is 1. The molecule has 1 unspecified atom stereocenters. The number of allylic oxidation sites excluding steroid dienone is 4. The van der Waals surface area contributed by atoms with E-state index in [1.807, 2.05) is 6.92 Å². The highest BCUT2D eigenvalue weighted by atomic mass is 16.5. The molecule has 0 saturated carbocycles. The molecule has 0 bridgehead atoms. The van der Waals surface area contributed by atoms with Gasteiger partial charge in [-0.3, -0.25) is 9.59 Å². The maximum Gasteiger partial charge on any atom is 0.307 e. The van der Waals surface area contributed by atoms with E-state index in [0.717, 1.165) is 32.1 Å². The third-order valence-electron chi connectivity index (χ3n) is 4.74. The number of carbonyl (C=O) groups excluding carboxylic acids is 1. The van der Waals surface area contributed by atoms with Crippen molar-refractivity contribution in [2.24, 2.45) is 0 Å². The highest BCUT2D eigenvalue weighted by Gasteiger charge is 2.15. The Bertz CT molecular complexity index is 440.